The number of benzene rings is 1. The van der Waals surface area contributed by atoms with Crippen LogP contribution >= 0.6 is 0 Å². The number of nitrogens with one attached hydrogen (secondary N) is 1. The Hall–Kier alpha value is -0.910. The number of aryl methyl sites for hydroxylation is 1. The van der Waals surface area contributed by atoms with Crippen molar-refractivity contribution in [2.24, 2.45) is 5.92 Å². The molecule has 0 heterocycles. The van der Waals surface area contributed by atoms with Gasteiger partial charge < -0.3 is 5.11 Å². The van der Waals surface area contributed by atoms with Crippen molar-refractivity contribution in [1.29, 1.82) is 0 Å². The Kier molecular flexibility index (Phi) is 3.25. The van der Waals surface area contributed by atoms with Crippen LogP contribution < -0.4 is 4.72 Å². The molecule has 1 aromatic carbocycles. The minimum absolute atomic E-state index is 0.0668. The van der Waals surface area contributed by atoms with Crippen molar-refractivity contribution >= 4 is 10.0 Å². The molecule has 17 heavy (non-hydrogen) atoms. The van der Waals surface area contributed by atoms with E-state index in [1.165, 1.54) is 6.07 Å². The lowest BCUT2D eigenvalue weighted by Gasteiger charge is -2.10. The van der Waals surface area contributed by atoms with Crippen molar-refractivity contribution in [2.75, 3.05) is 0 Å². The molecule has 0 saturated heterocycles. The Bertz CT molecular complexity index is 525. The molecule has 0 amide bonds. The molecule has 0 aliphatic heterocycles. The van der Waals surface area contributed by atoms with Gasteiger partial charge in [0.1, 0.15) is 0 Å². The van der Waals surface area contributed by atoms with E-state index < -0.39 is 10.0 Å². The molecule has 1 fully saturated rings. The predicted molar refractivity (Wildman–Crippen MR) is 65.0 cm³/mol. The molecule has 1 saturated carbocycles. The largest absolute Gasteiger partial charge is 0.392 e. The van der Waals surface area contributed by atoms with Crippen LogP contribution in [0, 0.1) is 12.8 Å². The van der Waals surface area contributed by atoms with Gasteiger partial charge >= 0.3 is 0 Å². The van der Waals surface area contributed by atoms with Crippen LogP contribution in [0.25, 0.3) is 0 Å². The van der Waals surface area contributed by atoms with Gasteiger partial charge in [0.05, 0.1) is 11.5 Å². The smallest absolute Gasteiger partial charge is 0.241 e. The van der Waals surface area contributed by atoms with Crippen molar-refractivity contribution in [2.45, 2.75) is 37.8 Å². The van der Waals surface area contributed by atoms with E-state index >= 15 is 0 Å². The van der Waals surface area contributed by atoms with E-state index in [0.717, 1.165) is 6.42 Å². The van der Waals surface area contributed by atoms with Gasteiger partial charge in [-0.15, -0.1) is 0 Å². The van der Waals surface area contributed by atoms with Crippen LogP contribution in [-0.2, 0) is 16.6 Å². The van der Waals surface area contributed by atoms with Gasteiger partial charge in [-0.3, -0.25) is 0 Å². The average Bonchev–Trinajstić information content (AvgIpc) is 2.93. The van der Waals surface area contributed by atoms with Crippen LogP contribution in [-0.4, -0.2) is 19.6 Å². The molecule has 0 spiro atoms. The molecule has 2 N–H and O–H groups in total. The first kappa shape index (κ1) is 12.5. The third-order valence-electron chi connectivity index (χ3n) is 3.14. The van der Waals surface area contributed by atoms with Gasteiger partial charge in [-0.1, -0.05) is 19.1 Å². The van der Waals surface area contributed by atoms with Crippen LogP contribution in [0.4, 0.5) is 0 Å². The summed E-state index contributed by atoms with van der Waals surface area (Å²) in [4.78, 5) is 0.267. The Balaban J connectivity index is 2.31. The van der Waals surface area contributed by atoms with Crippen molar-refractivity contribution in [3.63, 3.8) is 0 Å². The van der Waals surface area contributed by atoms with Gasteiger partial charge in [0.15, 0.2) is 0 Å². The third kappa shape index (κ3) is 2.68. The average molecular weight is 255 g/mol. The summed E-state index contributed by atoms with van der Waals surface area (Å²) in [6.07, 6.45) is 0.901. The molecule has 2 atom stereocenters. The van der Waals surface area contributed by atoms with E-state index in [-0.39, 0.29) is 17.5 Å². The van der Waals surface area contributed by atoms with E-state index in [4.69, 9.17) is 5.11 Å². The Labute approximate surface area is 102 Å². The second-order valence-corrected chi connectivity index (χ2v) is 6.38. The lowest BCUT2D eigenvalue weighted by atomic mass is 10.2. The molecule has 0 radical (unpaired) electrons. The summed E-state index contributed by atoms with van der Waals surface area (Å²) in [5.41, 5.74) is 1.31. The highest BCUT2D eigenvalue weighted by molar-refractivity contribution is 7.89. The van der Waals surface area contributed by atoms with Crippen molar-refractivity contribution in [1.82, 2.24) is 4.72 Å². The van der Waals surface area contributed by atoms with E-state index in [9.17, 15) is 8.42 Å². The number of hydrogen-bond acceptors (Lipinski definition) is 3. The van der Waals surface area contributed by atoms with Crippen molar-refractivity contribution < 1.29 is 13.5 Å². The number of aliphatic hydroxyl groups is 1. The summed E-state index contributed by atoms with van der Waals surface area (Å²) in [6.45, 7) is 3.62. The standard InChI is InChI=1S/C12H17NO3S/c1-8-3-4-10(7-14)6-12(8)17(15,16)13-11-5-9(11)2/h3-4,6,9,11,13-14H,5,7H2,1-2H3. The molecule has 0 aromatic heterocycles. The minimum Gasteiger partial charge on any atom is -0.392 e. The maximum absolute atomic E-state index is 12.1. The van der Waals surface area contributed by atoms with Gasteiger partial charge in [-0.25, -0.2) is 13.1 Å². The molecular formula is C12H17NO3S. The fourth-order valence-corrected chi connectivity index (χ4v) is 3.43. The fraction of sp³-hybridized carbons (Fsp3) is 0.500. The van der Waals surface area contributed by atoms with Gasteiger partial charge in [0.2, 0.25) is 10.0 Å². The molecule has 1 aliphatic rings. The maximum atomic E-state index is 12.1. The summed E-state index contributed by atoms with van der Waals surface area (Å²) >= 11 is 0. The van der Waals surface area contributed by atoms with Crippen LogP contribution in [0.2, 0.25) is 0 Å². The van der Waals surface area contributed by atoms with Crippen LogP contribution in [0.15, 0.2) is 23.1 Å². The first-order valence-electron chi connectivity index (χ1n) is 5.67. The molecule has 2 rings (SSSR count). The molecule has 1 aliphatic carbocycles. The summed E-state index contributed by atoms with van der Waals surface area (Å²) in [5.74, 6) is 0.422. The van der Waals surface area contributed by atoms with Crippen LogP contribution in [0.3, 0.4) is 0 Å². The molecule has 0 bridgehead atoms. The summed E-state index contributed by atoms with van der Waals surface area (Å²) in [7, 11) is -3.45. The molecule has 4 nitrogen and oxygen atoms in total. The van der Waals surface area contributed by atoms with Gasteiger partial charge in [0.25, 0.3) is 0 Å². The zero-order valence-corrected chi connectivity index (χ0v) is 10.8. The lowest BCUT2D eigenvalue weighted by molar-refractivity contribution is 0.281. The Morgan fingerprint density at radius 1 is 1.47 bits per heavy atom. The van der Waals surface area contributed by atoms with E-state index in [1.807, 2.05) is 6.92 Å². The SMILES string of the molecule is Cc1ccc(CO)cc1S(=O)(=O)NC1CC1C. The number of rotatable bonds is 4. The van der Waals surface area contributed by atoms with E-state index in [0.29, 0.717) is 17.0 Å². The topological polar surface area (TPSA) is 66.4 Å². The molecule has 94 valence electrons. The zero-order valence-electron chi connectivity index (χ0n) is 9.97. The highest BCUT2D eigenvalue weighted by Gasteiger charge is 2.36. The summed E-state index contributed by atoms with van der Waals surface area (Å²) in [6, 6.07) is 5.05. The molecule has 1 aromatic rings. The van der Waals surface area contributed by atoms with Gasteiger partial charge in [-0.05, 0) is 36.5 Å². The molecule has 2 unspecified atom stereocenters. The second kappa shape index (κ2) is 4.40. The molecular weight excluding hydrogens is 238 g/mol. The molecule has 5 heteroatoms. The predicted octanol–water partition coefficient (Wildman–Crippen LogP) is 1.17. The van der Waals surface area contributed by atoms with E-state index in [1.54, 1.807) is 19.1 Å². The fourth-order valence-electron chi connectivity index (χ4n) is 1.78. The number of sulfonamides is 1. The van der Waals surface area contributed by atoms with Crippen molar-refractivity contribution in [3.8, 4) is 0 Å². The number of hydrogen-bond donors (Lipinski definition) is 2. The van der Waals surface area contributed by atoms with Gasteiger partial charge in [-0.2, -0.15) is 0 Å². The monoisotopic (exact) mass is 255 g/mol. The highest BCUT2D eigenvalue weighted by Crippen LogP contribution is 2.31. The van der Waals surface area contributed by atoms with E-state index in [2.05, 4.69) is 4.72 Å². The lowest BCUT2D eigenvalue weighted by Crippen LogP contribution is -2.27. The number of aliphatic hydroxyl groups excluding tert-OH is 1. The normalized spacial score (nSPS) is 23.7. The third-order valence-corrected chi connectivity index (χ3v) is 4.77. The summed E-state index contributed by atoms with van der Waals surface area (Å²) < 4.78 is 26.9. The van der Waals surface area contributed by atoms with Crippen LogP contribution in [0.1, 0.15) is 24.5 Å². The van der Waals surface area contributed by atoms with Crippen molar-refractivity contribution in [3.05, 3.63) is 29.3 Å². The quantitative estimate of drug-likeness (QED) is 0.849. The van der Waals surface area contributed by atoms with Crippen LogP contribution in [0.5, 0.6) is 0 Å². The Morgan fingerprint density at radius 2 is 2.12 bits per heavy atom. The first-order valence-corrected chi connectivity index (χ1v) is 7.15. The zero-order chi connectivity index (χ0) is 12.6. The highest BCUT2D eigenvalue weighted by atomic mass is 32.2. The summed E-state index contributed by atoms with van der Waals surface area (Å²) in [5, 5.41) is 9.04. The minimum atomic E-state index is -3.45. The van der Waals surface area contributed by atoms with Gasteiger partial charge in [0, 0.05) is 6.04 Å². The second-order valence-electron chi connectivity index (χ2n) is 4.70. The Morgan fingerprint density at radius 3 is 2.65 bits per heavy atom. The first-order chi connectivity index (χ1) is 7.94. The maximum Gasteiger partial charge on any atom is 0.241 e.